The van der Waals surface area contributed by atoms with Gasteiger partial charge in [-0.15, -0.1) is 0 Å². The molecule has 0 aliphatic heterocycles. The van der Waals surface area contributed by atoms with E-state index in [1.54, 1.807) is 12.1 Å². The number of halogens is 1. The molecule has 28 heavy (non-hydrogen) atoms. The fourth-order valence-electron chi connectivity index (χ4n) is 2.83. The van der Waals surface area contributed by atoms with E-state index in [1.165, 1.54) is 6.07 Å². The van der Waals surface area contributed by atoms with Crippen molar-refractivity contribution < 1.29 is 18.7 Å². The van der Waals surface area contributed by atoms with Crippen molar-refractivity contribution in [3.63, 3.8) is 0 Å². The van der Waals surface area contributed by atoms with Crippen LogP contribution in [0.25, 0.3) is 11.0 Å². The maximum absolute atomic E-state index is 11.9. The minimum atomic E-state index is -0.516. The van der Waals surface area contributed by atoms with Gasteiger partial charge in [0, 0.05) is 17.5 Å². The van der Waals surface area contributed by atoms with Crippen LogP contribution in [-0.2, 0) is 22.6 Å². The van der Waals surface area contributed by atoms with Gasteiger partial charge in [-0.1, -0.05) is 55.3 Å². The molecule has 0 N–H and O–H groups in total. The number of esters is 1. The van der Waals surface area contributed by atoms with Gasteiger partial charge in [0.2, 0.25) is 0 Å². The van der Waals surface area contributed by atoms with E-state index in [4.69, 9.17) is 25.5 Å². The highest BCUT2D eigenvalue weighted by atomic mass is 35.5. The third-order valence-electron chi connectivity index (χ3n) is 4.27. The van der Waals surface area contributed by atoms with E-state index in [0.717, 1.165) is 35.8 Å². The number of carbonyl (C=O) groups is 1. The van der Waals surface area contributed by atoms with Gasteiger partial charge in [0.15, 0.2) is 6.61 Å². The SMILES string of the molecule is CCCCc1cc(=O)oc2cc(OCC(=O)OCc3ccccc3)c(Cl)cc12. The Labute approximate surface area is 167 Å². The average Bonchev–Trinajstić information content (AvgIpc) is 2.70. The van der Waals surface area contributed by atoms with Crippen molar-refractivity contribution in [2.24, 2.45) is 0 Å². The first kappa shape index (κ1) is 20.0. The number of carbonyl (C=O) groups excluding carboxylic acids is 1. The Kier molecular flexibility index (Phi) is 6.71. The second-order valence-electron chi connectivity index (χ2n) is 6.41. The molecule has 1 heterocycles. The number of rotatable bonds is 8. The van der Waals surface area contributed by atoms with E-state index in [9.17, 15) is 9.59 Å². The molecule has 0 radical (unpaired) electrons. The van der Waals surface area contributed by atoms with Crippen LogP contribution in [0.15, 0.2) is 57.7 Å². The molecule has 0 spiro atoms. The van der Waals surface area contributed by atoms with Gasteiger partial charge in [0.25, 0.3) is 0 Å². The zero-order chi connectivity index (χ0) is 19.9. The first-order chi connectivity index (χ1) is 13.6. The molecule has 0 amide bonds. The molecule has 146 valence electrons. The van der Waals surface area contributed by atoms with E-state index in [-0.39, 0.29) is 19.0 Å². The Hall–Kier alpha value is -2.79. The summed E-state index contributed by atoms with van der Waals surface area (Å²) in [5.74, 6) is -0.250. The zero-order valence-electron chi connectivity index (χ0n) is 15.6. The largest absolute Gasteiger partial charge is 0.480 e. The quantitative estimate of drug-likeness (QED) is 0.397. The standard InChI is InChI=1S/C22H21ClO5/c1-2-3-9-16-10-21(24)28-19-12-20(18(23)11-17(16)19)26-14-22(25)27-13-15-7-5-4-6-8-15/h4-8,10-12H,2-3,9,13-14H2,1H3. The minimum Gasteiger partial charge on any atom is -0.480 e. The van der Waals surface area contributed by atoms with Crippen LogP contribution in [0.1, 0.15) is 30.9 Å². The highest BCUT2D eigenvalue weighted by molar-refractivity contribution is 6.32. The van der Waals surface area contributed by atoms with Crippen molar-refractivity contribution in [2.75, 3.05) is 6.61 Å². The number of fused-ring (bicyclic) bond motifs is 1. The molecule has 0 fully saturated rings. The second-order valence-corrected chi connectivity index (χ2v) is 6.82. The molecule has 6 heteroatoms. The molecular weight excluding hydrogens is 380 g/mol. The first-order valence-electron chi connectivity index (χ1n) is 9.15. The predicted molar refractivity (Wildman–Crippen MR) is 108 cm³/mol. The summed E-state index contributed by atoms with van der Waals surface area (Å²) in [6.07, 6.45) is 2.74. The van der Waals surface area contributed by atoms with Crippen molar-refractivity contribution in [3.05, 3.63) is 75.1 Å². The van der Waals surface area contributed by atoms with Crippen LogP contribution in [0.4, 0.5) is 0 Å². The Balaban J connectivity index is 1.70. The number of aryl methyl sites for hydroxylation is 1. The van der Waals surface area contributed by atoms with E-state index in [1.807, 2.05) is 30.3 Å². The van der Waals surface area contributed by atoms with Crippen molar-refractivity contribution in [3.8, 4) is 5.75 Å². The number of ether oxygens (including phenoxy) is 2. The highest BCUT2D eigenvalue weighted by Gasteiger charge is 2.13. The molecule has 0 unspecified atom stereocenters. The lowest BCUT2D eigenvalue weighted by molar-refractivity contribution is -0.147. The summed E-state index contributed by atoms with van der Waals surface area (Å²) in [7, 11) is 0. The fraction of sp³-hybridized carbons (Fsp3) is 0.273. The molecule has 0 aliphatic rings. The van der Waals surface area contributed by atoms with Crippen molar-refractivity contribution in [1.29, 1.82) is 0 Å². The van der Waals surface area contributed by atoms with Crippen LogP contribution in [0.2, 0.25) is 5.02 Å². The molecule has 0 aliphatic carbocycles. The normalized spacial score (nSPS) is 10.8. The molecule has 2 aromatic carbocycles. The molecule has 0 saturated carbocycles. The van der Waals surface area contributed by atoms with Gasteiger partial charge >= 0.3 is 11.6 Å². The smallest absolute Gasteiger partial charge is 0.344 e. The lowest BCUT2D eigenvalue weighted by Crippen LogP contribution is -2.15. The molecule has 5 nitrogen and oxygen atoms in total. The van der Waals surface area contributed by atoms with E-state index < -0.39 is 11.6 Å². The lowest BCUT2D eigenvalue weighted by Gasteiger charge is -2.11. The number of benzene rings is 2. The average molecular weight is 401 g/mol. The number of hydrogen-bond donors (Lipinski definition) is 0. The van der Waals surface area contributed by atoms with Crippen LogP contribution in [0.3, 0.4) is 0 Å². The summed E-state index contributed by atoms with van der Waals surface area (Å²) in [4.78, 5) is 23.8. The molecule has 3 rings (SSSR count). The Bertz CT molecular complexity index is 1010. The van der Waals surface area contributed by atoms with E-state index in [2.05, 4.69) is 6.92 Å². The topological polar surface area (TPSA) is 65.7 Å². The second kappa shape index (κ2) is 9.42. The Morgan fingerprint density at radius 1 is 1.14 bits per heavy atom. The summed E-state index contributed by atoms with van der Waals surface area (Å²) >= 11 is 6.31. The Morgan fingerprint density at radius 2 is 1.93 bits per heavy atom. The van der Waals surface area contributed by atoms with Crippen LogP contribution >= 0.6 is 11.6 Å². The Morgan fingerprint density at radius 3 is 2.68 bits per heavy atom. The van der Waals surface area contributed by atoms with Crippen molar-refractivity contribution in [1.82, 2.24) is 0 Å². The maximum atomic E-state index is 11.9. The third-order valence-corrected chi connectivity index (χ3v) is 4.57. The monoisotopic (exact) mass is 400 g/mol. The van der Waals surface area contributed by atoms with Crippen LogP contribution in [0, 0.1) is 0 Å². The van der Waals surface area contributed by atoms with Gasteiger partial charge in [-0.2, -0.15) is 0 Å². The van der Waals surface area contributed by atoms with Crippen molar-refractivity contribution >= 4 is 28.5 Å². The molecule has 0 bridgehead atoms. The summed E-state index contributed by atoms with van der Waals surface area (Å²) in [5.41, 5.74) is 1.74. The van der Waals surface area contributed by atoms with Crippen molar-refractivity contribution in [2.45, 2.75) is 32.8 Å². The minimum absolute atomic E-state index is 0.171. The van der Waals surface area contributed by atoms with Crippen LogP contribution < -0.4 is 10.4 Å². The zero-order valence-corrected chi connectivity index (χ0v) is 16.3. The third kappa shape index (κ3) is 5.14. The van der Waals surface area contributed by atoms with Gasteiger partial charge in [0.05, 0.1) is 5.02 Å². The fourth-order valence-corrected chi connectivity index (χ4v) is 3.05. The van der Waals surface area contributed by atoms with E-state index >= 15 is 0 Å². The number of hydrogen-bond acceptors (Lipinski definition) is 5. The molecule has 3 aromatic rings. The summed E-state index contributed by atoms with van der Waals surface area (Å²) in [6.45, 7) is 1.96. The van der Waals surface area contributed by atoms with Gasteiger partial charge in [0.1, 0.15) is 17.9 Å². The summed E-state index contributed by atoms with van der Waals surface area (Å²) in [5, 5.41) is 1.12. The first-order valence-corrected chi connectivity index (χ1v) is 9.53. The van der Waals surface area contributed by atoms with Crippen LogP contribution in [-0.4, -0.2) is 12.6 Å². The lowest BCUT2D eigenvalue weighted by atomic mass is 10.0. The predicted octanol–water partition coefficient (Wildman–Crippen LogP) is 4.91. The number of unbranched alkanes of at least 4 members (excludes halogenated alkanes) is 1. The summed E-state index contributed by atoms with van der Waals surface area (Å²) in [6, 6.07) is 14.1. The molecule has 0 saturated heterocycles. The van der Waals surface area contributed by atoms with E-state index in [0.29, 0.717) is 10.6 Å². The summed E-state index contributed by atoms with van der Waals surface area (Å²) < 4.78 is 15.9. The van der Waals surface area contributed by atoms with Gasteiger partial charge in [-0.25, -0.2) is 9.59 Å². The highest BCUT2D eigenvalue weighted by Crippen LogP contribution is 2.31. The van der Waals surface area contributed by atoms with Crippen LogP contribution in [0.5, 0.6) is 5.75 Å². The molecular formula is C22H21ClO5. The van der Waals surface area contributed by atoms with Gasteiger partial charge in [-0.3, -0.25) is 0 Å². The maximum Gasteiger partial charge on any atom is 0.344 e. The molecule has 0 atom stereocenters. The molecule has 1 aromatic heterocycles. The van der Waals surface area contributed by atoms with Gasteiger partial charge < -0.3 is 13.9 Å². The van der Waals surface area contributed by atoms with Gasteiger partial charge in [-0.05, 0) is 30.0 Å².